The third-order valence-corrected chi connectivity index (χ3v) is 8.31. The first-order chi connectivity index (χ1) is 11.1. The number of carbonyl (C=O) groups excluding carboxylic acids is 2. The molecule has 0 aliphatic heterocycles. The number of hydrogen-bond donors (Lipinski definition) is 0. The molecule has 4 unspecified atom stereocenters. The zero-order valence-corrected chi connectivity index (χ0v) is 13.8. The summed E-state index contributed by atoms with van der Waals surface area (Å²) in [5.41, 5.74) is -1.15. The van der Waals surface area contributed by atoms with E-state index in [4.69, 9.17) is 4.74 Å². The van der Waals surface area contributed by atoms with Crippen molar-refractivity contribution in [1.82, 2.24) is 0 Å². The van der Waals surface area contributed by atoms with Gasteiger partial charge in [0.1, 0.15) is 11.2 Å². The van der Waals surface area contributed by atoms with Gasteiger partial charge in [-0.25, -0.2) is 0 Å². The number of carbonyl (C=O) groups is 2. The number of hydrogen-bond acceptors (Lipinski definition) is 3. The molecule has 0 spiro atoms. The number of rotatable bonds is 2. The summed E-state index contributed by atoms with van der Waals surface area (Å²) in [5, 5.41) is 0. The normalized spacial score (nSPS) is 59.1. The molecule has 8 fully saturated rings. The summed E-state index contributed by atoms with van der Waals surface area (Å²) in [6.07, 6.45) is 10.6. The van der Waals surface area contributed by atoms with E-state index in [1.165, 1.54) is 12.8 Å². The summed E-state index contributed by atoms with van der Waals surface area (Å²) in [5.74, 6) is 3.92. The Morgan fingerprint density at radius 3 is 1.30 bits per heavy atom. The second-order valence-corrected chi connectivity index (χ2v) is 9.91. The van der Waals surface area contributed by atoms with Crippen LogP contribution in [0, 0.1) is 35.5 Å². The van der Waals surface area contributed by atoms with E-state index in [1.807, 2.05) is 0 Å². The van der Waals surface area contributed by atoms with E-state index in [9.17, 15) is 9.59 Å². The first-order valence-electron chi connectivity index (χ1n) is 9.84. The van der Waals surface area contributed by atoms with Crippen molar-refractivity contribution in [3.05, 3.63) is 0 Å². The topological polar surface area (TPSA) is 43.4 Å². The average Bonchev–Trinajstić information content (AvgIpc) is 2.48. The van der Waals surface area contributed by atoms with Gasteiger partial charge in [-0.1, -0.05) is 0 Å². The van der Waals surface area contributed by atoms with Gasteiger partial charge in [0, 0.05) is 11.8 Å². The number of ether oxygens (including phenoxy) is 1. The van der Waals surface area contributed by atoms with Crippen molar-refractivity contribution in [2.75, 3.05) is 0 Å². The summed E-state index contributed by atoms with van der Waals surface area (Å²) in [6, 6.07) is 0. The fraction of sp³-hybridized carbons (Fsp3) is 0.900. The number of ketones is 2. The first-order valence-corrected chi connectivity index (χ1v) is 9.84. The Bertz CT molecular complexity index is 528. The summed E-state index contributed by atoms with van der Waals surface area (Å²) < 4.78 is 6.78. The Hall–Kier alpha value is -0.700. The average molecular weight is 314 g/mol. The van der Waals surface area contributed by atoms with Crippen molar-refractivity contribution < 1.29 is 14.3 Å². The fourth-order valence-electron chi connectivity index (χ4n) is 8.04. The van der Waals surface area contributed by atoms with Crippen LogP contribution in [0.5, 0.6) is 0 Å². The van der Waals surface area contributed by atoms with Crippen LogP contribution >= 0.6 is 0 Å². The highest BCUT2D eigenvalue weighted by Gasteiger charge is 2.65. The summed E-state index contributed by atoms with van der Waals surface area (Å²) in [6.45, 7) is 0. The largest absolute Gasteiger partial charge is 0.353 e. The zero-order valence-electron chi connectivity index (χ0n) is 13.8. The van der Waals surface area contributed by atoms with Gasteiger partial charge in [-0.15, -0.1) is 0 Å². The van der Waals surface area contributed by atoms with Crippen LogP contribution in [0.3, 0.4) is 0 Å². The molecule has 4 atom stereocenters. The molecule has 8 aliphatic carbocycles. The van der Waals surface area contributed by atoms with E-state index in [-0.39, 0.29) is 11.8 Å². The Balaban J connectivity index is 1.38. The molecule has 8 saturated carbocycles. The van der Waals surface area contributed by atoms with Gasteiger partial charge >= 0.3 is 0 Å². The van der Waals surface area contributed by atoms with Gasteiger partial charge in [0.25, 0.3) is 0 Å². The predicted molar refractivity (Wildman–Crippen MR) is 83.7 cm³/mol. The van der Waals surface area contributed by atoms with Gasteiger partial charge in [-0.05, 0) is 87.9 Å². The Labute approximate surface area is 137 Å². The molecule has 8 rings (SSSR count). The Kier molecular flexibility index (Phi) is 2.42. The highest BCUT2D eigenvalue weighted by Crippen LogP contribution is 2.61. The summed E-state index contributed by atoms with van der Waals surface area (Å²) >= 11 is 0. The maximum absolute atomic E-state index is 13.1. The third kappa shape index (κ3) is 1.65. The standard InChI is InChI=1S/C20H26O3/c21-17-15-3-11-1-12(4-15)8-19(17,7-11)23-20-9-13-2-14(10-20)6-16(5-13)18(20)22/h11-16H,1-10H2. The molecule has 0 aromatic heterocycles. The van der Waals surface area contributed by atoms with E-state index in [1.54, 1.807) is 0 Å². The lowest BCUT2D eigenvalue weighted by atomic mass is 9.51. The SMILES string of the molecule is O=C1C2CC3CC(C2)CC1(OC12CC4CC(CC(C4)C1=O)C2)C3. The first kappa shape index (κ1) is 13.6. The lowest BCUT2D eigenvalue weighted by Gasteiger charge is -2.61. The van der Waals surface area contributed by atoms with Gasteiger partial charge in [-0.2, -0.15) is 0 Å². The second-order valence-electron chi connectivity index (χ2n) is 9.91. The smallest absolute Gasteiger partial charge is 0.167 e. The predicted octanol–water partition coefficient (Wildman–Crippen LogP) is 3.30. The molecular weight excluding hydrogens is 288 g/mol. The second kappa shape index (κ2) is 4.09. The summed E-state index contributed by atoms with van der Waals surface area (Å²) in [4.78, 5) is 26.2. The Morgan fingerprint density at radius 1 is 0.609 bits per heavy atom. The van der Waals surface area contributed by atoms with Gasteiger partial charge in [0.2, 0.25) is 0 Å². The minimum absolute atomic E-state index is 0.241. The van der Waals surface area contributed by atoms with Gasteiger partial charge in [0.05, 0.1) is 0 Å². The molecule has 8 aliphatic rings. The van der Waals surface area contributed by atoms with Gasteiger partial charge < -0.3 is 4.74 Å². The zero-order chi connectivity index (χ0) is 15.4. The molecule has 3 nitrogen and oxygen atoms in total. The van der Waals surface area contributed by atoms with Crippen LogP contribution in [0.2, 0.25) is 0 Å². The highest BCUT2D eigenvalue weighted by molar-refractivity contribution is 5.94. The minimum atomic E-state index is -0.573. The van der Waals surface area contributed by atoms with Crippen molar-refractivity contribution in [3.8, 4) is 0 Å². The monoisotopic (exact) mass is 314 g/mol. The summed E-state index contributed by atoms with van der Waals surface area (Å²) in [7, 11) is 0. The van der Waals surface area contributed by atoms with E-state index >= 15 is 0 Å². The minimum Gasteiger partial charge on any atom is -0.353 e. The van der Waals surface area contributed by atoms with E-state index in [2.05, 4.69) is 0 Å². The van der Waals surface area contributed by atoms with Gasteiger partial charge in [-0.3, -0.25) is 9.59 Å². The van der Waals surface area contributed by atoms with Crippen LogP contribution in [0.15, 0.2) is 0 Å². The quantitative estimate of drug-likeness (QED) is 0.785. The molecular formula is C20H26O3. The molecule has 0 saturated heterocycles. The molecule has 0 N–H and O–H groups in total. The van der Waals surface area contributed by atoms with E-state index < -0.39 is 11.2 Å². The Morgan fingerprint density at radius 2 is 0.957 bits per heavy atom. The van der Waals surface area contributed by atoms with Crippen molar-refractivity contribution in [2.45, 2.75) is 75.4 Å². The van der Waals surface area contributed by atoms with Crippen LogP contribution in [-0.4, -0.2) is 22.8 Å². The van der Waals surface area contributed by atoms with E-state index in [0.29, 0.717) is 35.2 Å². The van der Waals surface area contributed by atoms with Crippen molar-refractivity contribution >= 4 is 11.6 Å². The van der Waals surface area contributed by atoms with Crippen LogP contribution in [0.25, 0.3) is 0 Å². The van der Waals surface area contributed by atoms with Crippen LogP contribution in [0.4, 0.5) is 0 Å². The maximum atomic E-state index is 13.1. The maximum Gasteiger partial charge on any atom is 0.167 e. The van der Waals surface area contributed by atoms with Crippen LogP contribution < -0.4 is 0 Å². The van der Waals surface area contributed by atoms with Crippen molar-refractivity contribution in [3.63, 3.8) is 0 Å². The van der Waals surface area contributed by atoms with E-state index in [0.717, 1.165) is 51.4 Å². The molecule has 8 bridgehead atoms. The van der Waals surface area contributed by atoms with Crippen molar-refractivity contribution in [1.29, 1.82) is 0 Å². The lowest BCUT2D eigenvalue weighted by Crippen LogP contribution is -2.67. The molecule has 0 aromatic rings. The molecule has 0 amide bonds. The fourth-order valence-corrected chi connectivity index (χ4v) is 8.04. The molecule has 3 heteroatoms. The number of Topliss-reactive ketones (excluding diaryl/α,β-unsaturated/α-hetero) is 2. The van der Waals surface area contributed by atoms with Crippen LogP contribution in [-0.2, 0) is 14.3 Å². The molecule has 124 valence electrons. The molecule has 23 heavy (non-hydrogen) atoms. The van der Waals surface area contributed by atoms with Gasteiger partial charge in [0.15, 0.2) is 11.6 Å². The van der Waals surface area contributed by atoms with Crippen molar-refractivity contribution in [2.24, 2.45) is 35.5 Å². The highest BCUT2D eigenvalue weighted by atomic mass is 16.5. The molecule has 0 aromatic carbocycles. The van der Waals surface area contributed by atoms with Crippen LogP contribution in [0.1, 0.15) is 64.2 Å². The molecule has 0 radical (unpaired) electrons. The molecule has 0 heterocycles. The lowest BCUT2D eigenvalue weighted by molar-refractivity contribution is -0.240. The third-order valence-electron chi connectivity index (χ3n) is 8.31.